The fraction of sp³-hybridized carbons (Fsp3) is 0.467. The molecule has 1 rings (SSSR count). The summed E-state index contributed by atoms with van der Waals surface area (Å²) in [4.78, 5) is 0.299. The van der Waals surface area contributed by atoms with E-state index < -0.39 is 10.0 Å². The van der Waals surface area contributed by atoms with E-state index >= 15 is 0 Å². The normalized spacial score (nSPS) is 11.8. The molecule has 5 heteroatoms. The lowest BCUT2D eigenvalue weighted by Crippen LogP contribution is -2.32. The third kappa shape index (κ3) is 4.44. The predicted molar refractivity (Wildman–Crippen MR) is 81.1 cm³/mol. The fourth-order valence-corrected chi connectivity index (χ4v) is 3.44. The van der Waals surface area contributed by atoms with Crippen LogP contribution in [0.4, 0.5) is 0 Å². The SMILES string of the molecule is C=C(C)CN(CC)S(=O)(=O)c1ccc(CCCO)cc1. The lowest BCUT2D eigenvalue weighted by atomic mass is 10.1. The molecule has 0 radical (unpaired) electrons. The average molecular weight is 297 g/mol. The molecule has 0 spiro atoms. The molecule has 1 N–H and O–H groups in total. The summed E-state index contributed by atoms with van der Waals surface area (Å²) in [5, 5.41) is 8.79. The summed E-state index contributed by atoms with van der Waals surface area (Å²) in [5.41, 5.74) is 1.84. The highest BCUT2D eigenvalue weighted by molar-refractivity contribution is 7.89. The summed E-state index contributed by atoms with van der Waals surface area (Å²) in [6.07, 6.45) is 1.43. The second-order valence-electron chi connectivity index (χ2n) is 4.86. The van der Waals surface area contributed by atoms with Gasteiger partial charge in [0, 0.05) is 19.7 Å². The molecule has 1 aromatic carbocycles. The molecule has 0 fully saturated rings. The molecule has 0 amide bonds. The Kier molecular flexibility index (Phi) is 6.39. The van der Waals surface area contributed by atoms with Crippen molar-refractivity contribution >= 4 is 10.0 Å². The van der Waals surface area contributed by atoms with Gasteiger partial charge >= 0.3 is 0 Å². The molecule has 0 unspecified atom stereocenters. The van der Waals surface area contributed by atoms with Gasteiger partial charge in [-0.25, -0.2) is 8.42 Å². The van der Waals surface area contributed by atoms with Crippen LogP contribution in [0.5, 0.6) is 0 Å². The third-order valence-corrected chi connectivity index (χ3v) is 4.92. The number of aryl methyl sites for hydroxylation is 1. The van der Waals surface area contributed by atoms with E-state index in [0.29, 0.717) is 24.4 Å². The molecule has 0 aliphatic carbocycles. The van der Waals surface area contributed by atoms with Crippen LogP contribution < -0.4 is 0 Å². The number of aliphatic hydroxyl groups excluding tert-OH is 1. The van der Waals surface area contributed by atoms with E-state index in [1.165, 1.54) is 4.31 Å². The van der Waals surface area contributed by atoms with Gasteiger partial charge < -0.3 is 5.11 Å². The summed E-state index contributed by atoms with van der Waals surface area (Å²) in [7, 11) is -3.46. The number of likely N-dealkylation sites (N-methyl/N-ethyl adjacent to an activating group) is 1. The fourth-order valence-electron chi connectivity index (χ4n) is 1.93. The maximum absolute atomic E-state index is 12.5. The third-order valence-electron chi connectivity index (χ3n) is 2.98. The van der Waals surface area contributed by atoms with Gasteiger partial charge in [0.15, 0.2) is 0 Å². The summed E-state index contributed by atoms with van der Waals surface area (Å²) in [6.45, 7) is 8.30. The Morgan fingerprint density at radius 3 is 2.35 bits per heavy atom. The van der Waals surface area contributed by atoms with Crippen molar-refractivity contribution in [1.29, 1.82) is 0 Å². The maximum Gasteiger partial charge on any atom is 0.243 e. The maximum atomic E-state index is 12.5. The predicted octanol–water partition coefficient (Wildman–Crippen LogP) is 2.20. The van der Waals surface area contributed by atoms with Crippen molar-refractivity contribution in [2.75, 3.05) is 19.7 Å². The monoisotopic (exact) mass is 297 g/mol. The van der Waals surface area contributed by atoms with Crippen LogP contribution in [0, 0.1) is 0 Å². The molecule has 0 saturated carbocycles. The largest absolute Gasteiger partial charge is 0.396 e. The Labute approximate surface area is 121 Å². The Balaban J connectivity index is 2.94. The Morgan fingerprint density at radius 2 is 1.90 bits per heavy atom. The zero-order valence-electron chi connectivity index (χ0n) is 12.2. The quantitative estimate of drug-likeness (QED) is 0.748. The minimum absolute atomic E-state index is 0.141. The summed E-state index contributed by atoms with van der Waals surface area (Å²) < 4.78 is 26.4. The van der Waals surface area contributed by atoms with Gasteiger partial charge in [-0.3, -0.25) is 0 Å². The number of aliphatic hydroxyl groups is 1. The molecule has 1 aromatic rings. The van der Waals surface area contributed by atoms with Gasteiger partial charge in [-0.1, -0.05) is 31.2 Å². The van der Waals surface area contributed by atoms with Gasteiger partial charge in [0.2, 0.25) is 10.0 Å². The van der Waals surface area contributed by atoms with E-state index in [2.05, 4.69) is 6.58 Å². The van der Waals surface area contributed by atoms with E-state index in [9.17, 15) is 8.42 Å². The van der Waals surface area contributed by atoms with Crippen LogP contribution in [-0.2, 0) is 16.4 Å². The van der Waals surface area contributed by atoms with Crippen LogP contribution in [0.3, 0.4) is 0 Å². The molecule has 0 aliphatic rings. The Bertz CT molecular complexity index is 535. The van der Waals surface area contributed by atoms with E-state index in [1.54, 1.807) is 24.3 Å². The van der Waals surface area contributed by atoms with Crippen LogP contribution in [0.1, 0.15) is 25.8 Å². The van der Waals surface area contributed by atoms with Crippen molar-refractivity contribution in [2.45, 2.75) is 31.6 Å². The zero-order chi connectivity index (χ0) is 15.2. The second-order valence-corrected chi connectivity index (χ2v) is 6.80. The van der Waals surface area contributed by atoms with Crippen LogP contribution in [-0.4, -0.2) is 37.5 Å². The first-order valence-corrected chi connectivity index (χ1v) is 8.20. The van der Waals surface area contributed by atoms with Gasteiger partial charge in [0.1, 0.15) is 0 Å². The smallest absolute Gasteiger partial charge is 0.243 e. The van der Waals surface area contributed by atoms with Crippen LogP contribution in [0.25, 0.3) is 0 Å². The molecule has 20 heavy (non-hydrogen) atoms. The van der Waals surface area contributed by atoms with Crippen molar-refractivity contribution in [1.82, 2.24) is 4.31 Å². The Hall–Kier alpha value is -1.17. The molecule has 112 valence electrons. The molecule has 4 nitrogen and oxygen atoms in total. The minimum atomic E-state index is -3.46. The molecular weight excluding hydrogens is 274 g/mol. The number of hydrogen-bond acceptors (Lipinski definition) is 3. The van der Waals surface area contributed by atoms with Crippen molar-refractivity contribution in [2.24, 2.45) is 0 Å². The van der Waals surface area contributed by atoms with E-state index in [0.717, 1.165) is 17.6 Å². The van der Waals surface area contributed by atoms with E-state index in [1.807, 2.05) is 13.8 Å². The summed E-state index contributed by atoms with van der Waals surface area (Å²) in [6, 6.07) is 6.86. The lowest BCUT2D eigenvalue weighted by molar-refractivity contribution is 0.288. The first-order valence-electron chi connectivity index (χ1n) is 6.76. The molecule has 0 aliphatic heterocycles. The first-order chi connectivity index (χ1) is 9.41. The number of sulfonamides is 1. The summed E-state index contributed by atoms with van der Waals surface area (Å²) in [5.74, 6) is 0. The number of rotatable bonds is 8. The summed E-state index contributed by atoms with van der Waals surface area (Å²) >= 11 is 0. The van der Waals surface area contributed by atoms with Crippen LogP contribution in [0.2, 0.25) is 0 Å². The van der Waals surface area contributed by atoms with Gasteiger partial charge in [-0.15, -0.1) is 0 Å². The molecular formula is C15H23NO3S. The highest BCUT2D eigenvalue weighted by atomic mass is 32.2. The van der Waals surface area contributed by atoms with Crippen LogP contribution >= 0.6 is 0 Å². The topological polar surface area (TPSA) is 57.6 Å². The molecule has 0 heterocycles. The van der Waals surface area contributed by atoms with Crippen molar-refractivity contribution in [3.63, 3.8) is 0 Å². The molecule has 0 saturated heterocycles. The standard InChI is InChI=1S/C15H23NO3S/c1-4-16(12-13(2)3)20(18,19)15-9-7-14(8-10-15)6-5-11-17/h7-10,17H,2,4-6,11-12H2,1,3H3. The van der Waals surface area contributed by atoms with Crippen molar-refractivity contribution in [3.8, 4) is 0 Å². The molecule has 0 bridgehead atoms. The Morgan fingerprint density at radius 1 is 1.30 bits per heavy atom. The number of nitrogens with zero attached hydrogens (tertiary/aromatic N) is 1. The first kappa shape index (κ1) is 16.9. The van der Waals surface area contributed by atoms with E-state index in [-0.39, 0.29) is 6.61 Å². The van der Waals surface area contributed by atoms with Gasteiger partial charge in [0.05, 0.1) is 4.90 Å². The van der Waals surface area contributed by atoms with Crippen molar-refractivity contribution in [3.05, 3.63) is 42.0 Å². The molecule has 0 aromatic heterocycles. The van der Waals surface area contributed by atoms with Crippen molar-refractivity contribution < 1.29 is 13.5 Å². The van der Waals surface area contributed by atoms with Gasteiger partial charge in [-0.05, 0) is 37.5 Å². The van der Waals surface area contributed by atoms with Gasteiger partial charge in [0.25, 0.3) is 0 Å². The highest BCUT2D eigenvalue weighted by Gasteiger charge is 2.22. The zero-order valence-corrected chi connectivity index (χ0v) is 13.0. The average Bonchev–Trinajstić information content (AvgIpc) is 2.42. The number of benzene rings is 1. The lowest BCUT2D eigenvalue weighted by Gasteiger charge is -2.20. The number of hydrogen-bond donors (Lipinski definition) is 1. The molecule has 0 atom stereocenters. The van der Waals surface area contributed by atoms with E-state index in [4.69, 9.17) is 5.11 Å². The van der Waals surface area contributed by atoms with Gasteiger partial charge in [-0.2, -0.15) is 4.31 Å². The second kappa shape index (κ2) is 7.57. The highest BCUT2D eigenvalue weighted by Crippen LogP contribution is 2.17. The minimum Gasteiger partial charge on any atom is -0.396 e. The van der Waals surface area contributed by atoms with Crippen LogP contribution in [0.15, 0.2) is 41.3 Å².